The summed E-state index contributed by atoms with van der Waals surface area (Å²) in [5.74, 6) is -0.603. The monoisotopic (exact) mass is 412 g/mol. The summed E-state index contributed by atoms with van der Waals surface area (Å²) in [5, 5.41) is 1.45. The van der Waals surface area contributed by atoms with E-state index in [4.69, 9.17) is 4.74 Å². The van der Waals surface area contributed by atoms with E-state index in [9.17, 15) is 13.2 Å². The molecule has 0 saturated heterocycles. The number of carbonyl (C=O) groups excluding carboxylic acids is 1. The van der Waals surface area contributed by atoms with Gasteiger partial charge >= 0.3 is 5.97 Å². The number of fused-ring (bicyclic) bond motifs is 1. The van der Waals surface area contributed by atoms with Crippen LogP contribution in [0.3, 0.4) is 0 Å². The quantitative estimate of drug-likeness (QED) is 0.557. The summed E-state index contributed by atoms with van der Waals surface area (Å²) >= 11 is 0. The minimum atomic E-state index is -3.87. The normalized spacial score (nSPS) is 11.6. The van der Waals surface area contributed by atoms with E-state index in [1.807, 2.05) is 67.5 Å². The minimum absolute atomic E-state index is 0.105. The largest absolute Gasteiger partial charge is 0.460 e. The van der Waals surface area contributed by atoms with Crippen LogP contribution >= 0.6 is 0 Å². The van der Waals surface area contributed by atoms with Crippen LogP contribution in [0.5, 0.6) is 0 Å². The van der Waals surface area contributed by atoms with Crippen molar-refractivity contribution in [3.05, 3.63) is 72.3 Å². The van der Waals surface area contributed by atoms with Gasteiger partial charge in [0.15, 0.2) is 0 Å². The molecule has 0 radical (unpaired) electrons. The molecule has 0 heterocycles. The summed E-state index contributed by atoms with van der Waals surface area (Å²) in [6.45, 7) is -0.257. The van der Waals surface area contributed by atoms with Crippen LogP contribution in [0.25, 0.3) is 10.8 Å². The van der Waals surface area contributed by atoms with Crippen LogP contribution < -0.4 is 4.90 Å². The summed E-state index contributed by atoms with van der Waals surface area (Å²) in [6, 6.07) is 19.9. The molecule has 3 aromatic rings. The molecule has 0 spiro atoms. The number of nitrogens with zero attached hydrogens (tertiary/aromatic N) is 2. The fourth-order valence-corrected chi connectivity index (χ4v) is 4.42. The van der Waals surface area contributed by atoms with Crippen molar-refractivity contribution >= 4 is 32.5 Å². The van der Waals surface area contributed by atoms with Crippen molar-refractivity contribution in [3.8, 4) is 0 Å². The predicted octanol–water partition coefficient (Wildman–Crippen LogP) is 3.27. The van der Waals surface area contributed by atoms with Gasteiger partial charge in [-0.1, -0.05) is 54.6 Å². The zero-order valence-corrected chi connectivity index (χ0v) is 17.5. The lowest BCUT2D eigenvalue weighted by Gasteiger charge is -2.20. The molecule has 3 rings (SSSR count). The van der Waals surface area contributed by atoms with Crippen LogP contribution in [0, 0.1) is 0 Å². The summed E-state index contributed by atoms with van der Waals surface area (Å²) < 4.78 is 32.5. The number of esters is 1. The van der Waals surface area contributed by atoms with Crippen molar-refractivity contribution in [2.75, 3.05) is 32.6 Å². The molecule has 6 nitrogen and oxygen atoms in total. The van der Waals surface area contributed by atoms with E-state index >= 15 is 0 Å². The first-order chi connectivity index (χ1) is 13.8. The van der Waals surface area contributed by atoms with Crippen molar-refractivity contribution in [2.24, 2.45) is 0 Å². The molecular weight excluding hydrogens is 388 g/mol. The summed E-state index contributed by atoms with van der Waals surface area (Å²) in [7, 11) is 1.33. The smallest absolute Gasteiger partial charge is 0.321 e. The van der Waals surface area contributed by atoms with Crippen molar-refractivity contribution in [1.29, 1.82) is 0 Å². The number of anilines is 1. The molecule has 0 amide bonds. The lowest BCUT2D eigenvalue weighted by atomic mass is 10.1. The van der Waals surface area contributed by atoms with Crippen molar-refractivity contribution in [3.63, 3.8) is 0 Å². The summed E-state index contributed by atoms with van der Waals surface area (Å²) in [6.07, 6.45) is 0. The van der Waals surface area contributed by atoms with Gasteiger partial charge in [-0.2, -0.15) is 4.31 Å². The lowest BCUT2D eigenvalue weighted by molar-refractivity contribution is -0.144. The standard InChI is InChI=1S/C22H24N2O4S/c1-23(2)20-13-7-12-19-18(20)11-8-14-21(19)29(26,27)24(3)15-22(25)28-16-17-9-5-4-6-10-17/h4-14H,15-16H2,1-3H3. The summed E-state index contributed by atoms with van der Waals surface area (Å²) in [4.78, 5) is 14.3. The zero-order chi connectivity index (χ0) is 21.0. The van der Waals surface area contributed by atoms with Crippen LogP contribution in [0.4, 0.5) is 5.69 Å². The fourth-order valence-electron chi connectivity index (χ4n) is 3.10. The van der Waals surface area contributed by atoms with Crippen LogP contribution in [-0.2, 0) is 26.2 Å². The van der Waals surface area contributed by atoms with Gasteiger partial charge in [0.1, 0.15) is 13.2 Å². The van der Waals surface area contributed by atoms with Crippen molar-refractivity contribution in [1.82, 2.24) is 4.31 Å². The molecule has 7 heteroatoms. The van der Waals surface area contributed by atoms with Gasteiger partial charge in [-0.05, 0) is 17.7 Å². The van der Waals surface area contributed by atoms with Crippen molar-refractivity contribution < 1.29 is 17.9 Å². The molecule has 0 aliphatic heterocycles. The van der Waals surface area contributed by atoms with Gasteiger partial charge < -0.3 is 9.64 Å². The highest BCUT2D eigenvalue weighted by Gasteiger charge is 2.26. The van der Waals surface area contributed by atoms with E-state index in [0.29, 0.717) is 5.39 Å². The highest BCUT2D eigenvalue weighted by atomic mass is 32.2. The molecule has 152 valence electrons. The Morgan fingerprint density at radius 1 is 0.862 bits per heavy atom. The first-order valence-electron chi connectivity index (χ1n) is 9.15. The average Bonchev–Trinajstić information content (AvgIpc) is 2.71. The maximum atomic E-state index is 13.1. The number of ether oxygens (including phenoxy) is 1. The van der Waals surface area contributed by atoms with E-state index in [1.54, 1.807) is 18.2 Å². The van der Waals surface area contributed by atoms with E-state index < -0.39 is 16.0 Å². The fraction of sp³-hybridized carbons (Fsp3) is 0.227. The average molecular weight is 413 g/mol. The second-order valence-electron chi connectivity index (χ2n) is 6.93. The molecule has 0 aliphatic rings. The number of benzene rings is 3. The van der Waals surface area contributed by atoms with Crippen LogP contribution in [-0.4, -0.2) is 46.4 Å². The number of sulfonamides is 1. The molecule has 29 heavy (non-hydrogen) atoms. The van der Waals surface area contributed by atoms with Crippen molar-refractivity contribution in [2.45, 2.75) is 11.5 Å². The van der Waals surface area contributed by atoms with Gasteiger partial charge in [0.05, 0.1) is 4.90 Å². The second kappa shape index (κ2) is 8.63. The van der Waals surface area contributed by atoms with Gasteiger partial charge in [0, 0.05) is 37.6 Å². The zero-order valence-electron chi connectivity index (χ0n) is 16.7. The topological polar surface area (TPSA) is 66.9 Å². The van der Waals surface area contributed by atoms with Gasteiger partial charge in [-0.25, -0.2) is 8.42 Å². The maximum absolute atomic E-state index is 13.1. The Kier molecular flexibility index (Phi) is 6.20. The number of hydrogen-bond acceptors (Lipinski definition) is 5. The molecule has 0 N–H and O–H groups in total. The molecule has 0 saturated carbocycles. The number of likely N-dealkylation sites (N-methyl/N-ethyl adjacent to an activating group) is 1. The van der Waals surface area contributed by atoms with E-state index in [-0.39, 0.29) is 18.0 Å². The van der Waals surface area contributed by atoms with E-state index in [2.05, 4.69) is 0 Å². The first-order valence-corrected chi connectivity index (χ1v) is 10.6. The Hall–Kier alpha value is -2.90. The van der Waals surface area contributed by atoms with Crippen LogP contribution in [0.2, 0.25) is 0 Å². The molecular formula is C22H24N2O4S. The molecule has 0 fully saturated rings. The molecule has 0 aliphatic carbocycles. The third kappa shape index (κ3) is 4.58. The minimum Gasteiger partial charge on any atom is -0.460 e. The Morgan fingerprint density at radius 2 is 1.52 bits per heavy atom. The van der Waals surface area contributed by atoms with Gasteiger partial charge in [0.25, 0.3) is 0 Å². The lowest BCUT2D eigenvalue weighted by Crippen LogP contribution is -2.33. The van der Waals surface area contributed by atoms with Crippen LogP contribution in [0.15, 0.2) is 71.6 Å². The number of carbonyl (C=O) groups is 1. The van der Waals surface area contributed by atoms with Crippen LogP contribution in [0.1, 0.15) is 5.56 Å². The first kappa shape index (κ1) is 20.8. The third-order valence-electron chi connectivity index (χ3n) is 4.62. The molecule has 0 aromatic heterocycles. The second-order valence-corrected chi connectivity index (χ2v) is 8.94. The van der Waals surface area contributed by atoms with E-state index in [0.717, 1.165) is 20.9 Å². The van der Waals surface area contributed by atoms with Gasteiger partial charge in [-0.15, -0.1) is 0 Å². The molecule has 0 bridgehead atoms. The van der Waals surface area contributed by atoms with Gasteiger partial charge in [-0.3, -0.25) is 4.79 Å². The Bertz CT molecular complexity index is 1110. The number of rotatable bonds is 7. The van der Waals surface area contributed by atoms with Gasteiger partial charge in [0.2, 0.25) is 10.0 Å². The highest BCUT2D eigenvalue weighted by molar-refractivity contribution is 7.89. The Morgan fingerprint density at radius 3 is 2.21 bits per heavy atom. The number of hydrogen-bond donors (Lipinski definition) is 0. The third-order valence-corrected chi connectivity index (χ3v) is 6.49. The molecule has 3 aromatic carbocycles. The Labute approximate surface area is 171 Å². The predicted molar refractivity (Wildman–Crippen MR) is 114 cm³/mol. The molecule has 0 unspecified atom stereocenters. The molecule has 0 atom stereocenters. The maximum Gasteiger partial charge on any atom is 0.321 e. The summed E-state index contributed by atoms with van der Waals surface area (Å²) in [5.41, 5.74) is 1.76. The highest BCUT2D eigenvalue weighted by Crippen LogP contribution is 2.31. The van der Waals surface area contributed by atoms with E-state index in [1.165, 1.54) is 7.05 Å². The Balaban J connectivity index is 1.81. The SMILES string of the molecule is CN(C)c1cccc2c(S(=O)(=O)N(C)CC(=O)OCc3ccccc3)cccc12.